The van der Waals surface area contributed by atoms with Gasteiger partial charge in [-0.2, -0.15) is 0 Å². The number of nitrogens with zero attached hydrogens (tertiary/aromatic N) is 1. The molecule has 1 saturated carbocycles. The average Bonchev–Trinajstić information content (AvgIpc) is 3.18. The topological polar surface area (TPSA) is 64.4 Å². The number of rotatable bonds is 7. The van der Waals surface area contributed by atoms with E-state index in [1.165, 1.54) is 12.8 Å². The molecule has 1 aliphatic rings. The molecule has 5 nitrogen and oxygen atoms in total. The monoisotopic (exact) mass is 264 g/mol. The summed E-state index contributed by atoms with van der Waals surface area (Å²) < 4.78 is 5.59. The zero-order valence-electron chi connectivity index (χ0n) is 11.4. The van der Waals surface area contributed by atoms with Gasteiger partial charge in [0.05, 0.1) is 11.5 Å². The summed E-state index contributed by atoms with van der Waals surface area (Å²) in [6.45, 7) is 5.29. The molecule has 0 amide bonds. The van der Waals surface area contributed by atoms with E-state index in [2.05, 4.69) is 12.2 Å². The summed E-state index contributed by atoms with van der Waals surface area (Å²) in [4.78, 5) is 10.6. The first kappa shape index (κ1) is 13.8. The maximum Gasteiger partial charge on any atom is 0.311 e. The van der Waals surface area contributed by atoms with E-state index in [-0.39, 0.29) is 5.69 Å². The van der Waals surface area contributed by atoms with Gasteiger partial charge in [0.2, 0.25) is 0 Å². The molecule has 2 rings (SSSR count). The Morgan fingerprint density at radius 3 is 2.89 bits per heavy atom. The SMILES string of the molecule is Cc1ccc(OCC(C)CNC2CC2)c([N+](=O)[O-])c1. The number of aryl methyl sites for hydroxylation is 1. The molecular formula is C14H20N2O3. The lowest BCUT2D eigenvalue weighted by atomic mass is 10.2. The van der Waals surface area contributed by atoms with Crippen molar-refractivity contribution in [1.82, 2.24) is 5.32 Å². The fourth-order valence-corrected chi connectivity index (χ4v) is 1.84. The molecule has 0 radical (unpaired) electrons. The molecule has 0 bridgehead atoms. The zero-order valence-corrected chi connectivity index (χ0v) is 11.4. The standard InChI is InChI=1S/C14H20N2O3/c1-10-3-6-14(13(7-10)16(17)18)19-9-11(2)8-15-12-4-5-12/h3,6-7,11-12,15H,4-5,8-9H2,1-2H3. The van der Waals surface area contributed by atoms with Crippen LogP contribution in [0, 0.1) is 23.0 Å². The minimum absolute atomic E-state index is 0.0438. The van der Waals surface area contributed by atoms with Crippen molar-refractivity contribution in [3.8, 4) is 5.75 Å². The van der Waals surface area contributed by atoms with Gasteiger partial charge in [-0.1, -0.05) is 13.0 Å². The number of nitro benzene ring substituents is 1. The Balaban J connectivity index is 1.88. The summed E-state index contributed by atoms with van der Waals surface area (Å²) in [5, 5.41) is 14.4. The summed E-state index contributed by atoms with van der Waals surface area (Å²) in [6, 6.07) is 5.73. The number of nitrogens with one attached hydrogen (secondary N) is 1. The second-order valence-electron chi connectivity index (χ2n) is 5.33. The molecule has 5 heteroatoms. The van der Waals surface area contributed by atoms with Crippen LogP contribution in [0.1, 0.15) is 25.3 Å². The lowest BCUT2D eigenvalue weighted by Crippen LogP contribution is -2.26. The maximum atomic E-state index is 11.0. The molecule has 1 unspecified atom stereocenters. The van der Waals surface area contributed by atoms with Crippen LogP contribution in [0.2, 0.25) is 0 Å². The van der Waals surface area contributed by atoms with E-state index in [4.69, 9.17) is 4.74 Å². The number of nitro groups is 1. The predicted octanol–water partition coefficient (Wildman–Crippen LogP) is 2.67. The Morgan fingerprint density at radius 2 is 2.26 bits per heavy atom. The highest BCUT2D eigenvalue weighted by molar-refractivity contribution is 5.48. The predicted molar refractivity (Wildman–Crippen MR) is 73.5 cm³/mol. The van der Waals surface area contributed by atoms with E-state index in [0.717, 1.165) is 12.1 Å². The van der Waals surface area contributed by atoms with Gasteiger partial charge in [0.1, 0.15) is 0 Å². The van der Waals surface area contributed by atoms with Gasteiger partial charge in [-0.05, 0) is 31.4 Å². The minimum Gasteiger partial charge on any atom is -0.486 e. The Kier molecular flexibility index (Phi) is 4.37. The van der Waals surface area contributed by atoms with Crippen molar-refractivity contribution in [2.24, 2.45) is 5.92 Å². The van der Waals surface area contributed by atoms with Gasteiger partial charge in [-0.25, -0.2) is 0 Å². The quantitative estimate of drug-likeness (QED) is 0.607. The fourth-order valence-electron chi connectivity index (χ4n) is 1.84. The molecule has 1 N–H and O–H groups in total. The van der Waals surface area contributed by atoms with Crippen LogP contribution in [-0.4, -0.2) is 24.1 Å². The molecule has 1 fully saturated rings. The average molecular weight is 264 g/mol. The highest BCUT2D eigenvalue weighted by Crippen LogP contribution is 2.28. The van der Waals surface area contributed by atoms with Gasteiger partial charge < -0.3 is 10.1 Å². The van der Waals surface area contributed by atoms with Crippen LogP contribution in [0.4, 0.5) is 5.69 Å². The summed E-state index contributed by atoms with van der Waals surface area (Å²) >= 11 is 0. The largest absolute Gasteiger partial charge is 0.486 e. The van der Waals surface area contributed by atoms with Crippen LogP contribution < -0.4 is 10.1 Å². The van der Waals surface area contributed by atoms with Crippen molar-refractivity contribution in [3.05, 3.63) is 33.9 Å². The molecule has 0 spiro atoms. The van der Waals surface area contributed by atoms with E-state index in [1.807, 2.05) is 13.0 Å². The van der Waals surface area contributed by atoms with Crippen molar-refractivity contribution in [2.45, 2.75) is 32.7 Å². The molecule has 19 heavy (non-hydrogen) atoms. The van der Waals surface area contributed by atoms with Gasteiger partial charge >= 0.3 is 5.69 Å². The summed E-state index contributed by atoms with van der Waals surface area (Å²) in [6.07, 6.45) is 2.52. The van der Waals surface area contributed by atoms with Gasteiger partial charge in [0, 0.05) is 24.6 Å². The Labute approximate surface area is 113 Å². The Bertz CT molecular complexity index is 458. The second-order valence-corrected chi connectivity index (χ2v) is 5.33. The molecule has 1 aliphatic carbocycles. The fraction of sp³-hybridized carbons (Fsp3) is 0.571. The van der Waals surface area contributed by atoms with Crippen molar-refractivity contribution >= 4 is 5.69 Å². The highest BCUT2D eigenvalue weighted by Gasteiger charge is 2.21. The molecule has 1 atom stereocenters. The number of hydrogen-bond acceptors (Lipinski definition) is 4. The van der Waals surface area contributed by atoms with Crippen LogP contribution in [0.15, 0.2) is 18.2 Å². The highest BCUT2D eigenvalue weighted by atomic mass is 16.6. The first-order chi connectivity index (χ1) is 9.06. The van der Waals surface area contributed by atoms with Crippen LogP contribution in [-0.2, 0) is 0 Å². The van der Waals surface area contributed by atoms with E-state index in [1.54, 1.807) is 12.1 Å². The van der Waals surface area contributed by atoms with E-state index < -0.39 is 4.92 Å². The molecule has 1 aromatic carbocycles. The van der Waals surface area contributed by atoms with Gasteiger partial charge in [0.25, 0.3) is 0 Å². The summed E-state index contributed by atoms with van der Waals surface area (Å²) in [5.74, 6) is 0.690. The molecule has 104 valence electrons. The lowest BCUT2D eigenvalue weighted by Gasteiger charge is -2.14. The van der Waals surface area contributed by atoms with Crippen LogP contribution in [0.5, 0.6) is 5.75 Å². The third kappa shape index (κ3) is 4.21. The number of benzene rings is 1. The molecule has 0 aromatic heterocycles. The Morgan fingerprint density at radius 1 is 1.53 bits per heavy atom. The molecule has 0 aliphatic heterocycles. The van der Waals surface area contributed by atoms with Crippen LogP contribution in [0.3, 0.4) is 0 Å². The van der Waals surface area contributed by atoms with Gasteiger partial charge in [0.15, 0.2) is 5.75 Å². The summed E-state index contributed by atoms with van der Waals surface area (Å²) in [7, 11) is 0. The van der Waals surface area contributed by atoms with Gasteiger partial charge in [-0.3, -0.25) is 10.1 Å². The van der Waals surface area contributed by atoms with E-state index >= 15 is 0 Å². The first-order valence-corrected chi connectivity index (χ1v) is 6.67. The first-order valence-electron chi connectivity index (χ1n) is 6.67. The van der Waals surface area contributed by atoms with Crippen molar-refractivity contribution in [2.75, 3.05) is 13.2 Å². The zero-order chi connectivity index (χ0) is 13.8. The van der Waals surface area contributed by atoms with Crippen LogP contribution in [0.25, 0.3) is 0 Å². The maximum absolute atomic E-state index is 11.0. The van der Waals surface area contributed by atoms with Crippen molar-refractivity contribution < 1.29 is 9.66 Å². The third-order valence-corrected chi connectivity index (χ3v) is 3.17. The lowest BCUT2D eigenvalue weighted by molar-refractivity contribution is -0.385. The van der Waals surface area contributed by atoms with E-state index in [9.17, 15) is 10.1 Å². The van der Waals surface area contributed by atoms with Gasteiger partial charge in [-0.15, -0.1) is 0 Å². The summed E-state index contributed by atoms with van der Waals surface area (Å²) in [5.41, 5.74) is 0.907. The van der Waals surface area contributed by atoms with E-state index in [0.29, 0.717) is 24.3 Å². The third-order valence-electron chi connectivity index (χ3n) is 3.17. The normalized spacial score (nSPS) is 16.1. The molecule has 0 saturated heterocycles. The molecule has 0 heterocycles. The Hall–Kier alpha value is -1.62. The second kappa shape index (κ2) is 6.02. The van der Waals surface area contributed by atoms with Crippen LogP contribution >= 0.6 is 0 Å². The molecule has 1 aromatic rings. The number of ether oxygens (including phenoxy) is 1. The van der Waals surface area contributed by atoms with Crippen molar-refractivity contribution in [3.63, 3.8) is 0 Å². The smallest absolute Gasteiger partial charge is 0.311 e. The molecular weight excluding hydrogens is 244 g/mol. The number of hydrogen-bond donors (Lipinski definition) is 1. The minimum atomic E-state index is -0.393. The van der Waals surface area contributed by atoms with Crippen molar-refractivity contribution in [1.29, 1.82) is 0 Å².